The van der Waals surface area contributed by atoms with E-state index in [-0.39, 0.29) is 17.5 Å². The molecule has 2 bridgehead atoms. The predicted molar refractivity (Wildman–Crippen MR) is 80.2 cm³/mol. The van der Waals surface area contributed by atoms with E-state index in [2.05, 4.69) is 13.8 Å². The Labute approximate surface area is 123 Å². The summed E-state index contributed by atoms with van der Waals surface area (Å²) in [6.07, 6.45) is 10.0. The molecule has 0 aromatic rings. The maximum absolute atomic E-state index is 12.3. The lowest BCUT2D eigenvalue weighted by atomic mass is 9.65. The average Bonchev–Trinajstić information content (AvgIpc) is 3.03. The Morgan fingerprint density at radius 1 is 1.25 bits per heavy atom. The predicted octanol–water partition coefficient (Wildman–Crippen LogP) is 4.57. The molecular weight excluding hydrogens is 248 g/mol. The smallest absolute Gasteiger partial charge is 0.309 e. The monoisotopic (exact) mass is 278 g/mol. The van der Waals surface area contributed by atoms with Crippen LogP contribution in [-0.4, -0.2) is 11.6 Å². The van der Waals surface area contributed by atoms with Gasteiger partial charge in [0.1, 0.15) is 5.60 Å². The zero-order valence-corrected chi connectivity index (χ0v) is 13.4. The van der Waals surface area contributed by atoms with Crippen molar-refractivity contribution in [1.82, 2.24) is 0 Å². The third kappa shape index (κ3) is 2.10. The quantitative estimate of drug-likeness (QED) is 0.704. The van der Waals surface area contributed by atoms with E-state index in [4.69, 9.17) is 4.74 Å². The SMILES string of the molecule is CCC(C)C(=O)OC1(CC)CC2CC1C1CCCCC21. The molecule has 3 fully saturated rings. The van der Waals surface area contributed by atoms with Crippen LogP contribution in [0.5, 0.6) is 0 Å². The van der Waals surface area contributed by atoms with Crippen molar-refractivity contribution in [2.75, 3.05) is 0 Å². The highest BCUT2D eigenvalue weighted by atomic mass is 16.6. The van der Waals surface area contributed by atoms with E-state index in [1.807, 2.05) is 6.92 Å². The first-order chi connectivity index (χ1) is 9.61. The number of ether oxygens (including phenoxy) is 1. The van der Waals surface area contributed by atoms with Gasteiger partial charge in [-0.1, -0.05) is 33.6 Å². The zero-order chi connectivity index (χ0) is 14.3. The van der Waals surface area contributed by atoms with Crippen molar-refractivity contribution in [1.29, 1.82) is 0 Å². The van der Waals surface area contributed by atoms with Gasteiger partial charge in [-0.2, -0.15) is 0 Å². The Kier molecular flexibility index (Phi) is 3.85. The van der Waals surface area contributed by atoms with Crippen LogP contribution in [-0.2, 0) is 9.53 Å². The summed E-state index contributed by atoms with van der Waals surface area (Å²) in [6.45, 7) is 6.30. The molecule has 0 N–H and O–H groups in total. The van der Waals surface area contributed by atoms with Gasteiger partial charge in [0, 0.05) is 5.92 Å². The van der Waals surface area contributed by atoms with E-state index in [0.29, 0.717) is 5.92 Å². The van der Waals surface area contributed by atoms with E-state index in [9.17, 15) is 4.79 Å². The second-order valence-electron chi connectivity index (χ2n) is 7.57. The minimum Gasteiger partial charge on any atom is -0.459 e. The summed E-state index contributed by atoms with van der Waals surface area (Å²) in [5.74, 6) is 3.42. The molecular formula is C18H30O2. The third-order valence-corrected chi connectivity index (χ3v) is 6.75. The van der Waals surface area contributed by atoms with Gasteiger partial charge in [-0.3, -0.25) is 4.79 Å². The number of esters is 1. The molecule has 3 aliphatic carbocycles. The Balaban J connectivity index is 1.76. The van der Waals surface area contributed by atoms with Crippen molar-refractivity contribution in [2.24, 2.45) is 29.6 Å². The molecule has 6 unspecified atom stereocenters. The number of rotatable bonds is 4. The van der Waals surface area contributed by atoms with E-state index in [0.717, 1.165) is 37.0 Å². The van der Waals surface area contributed by atoms with Gasteiger partial charge in [0.2, 0.25) is 0 Å². The van der Waals surface area contributed by atoms with E-state index in [1.54, 1.807) is 0 Å². The first-order valence-electron chi connectivity index (χ1n) is 8.84. The minimum atomic E-state index is -0.107. The van der Waals surface area contributed by atoms with Crippen LogP contribution < -0.4 is 0 Å². The van der Waals surface area contributed by atoms with Gasteiger partial charge < -0.3 is 4.74 Å². The fourth-order valence-corrected chi connectivity index (χ4v) is 5.45. The second kappa shape index (κ2) is 5.35. The highest BCUT2D eigenvalue weighted by Gasteiger charge is 2.61. The molecule has 114 valence electrons. The molecule has 0 aromatic heterocycles. The Morgan fingerprint density at radius 2 is 1.95 bits per heavy atom. The van der Waals surface area contributed by atoms with Gasteiger partial charge >= 0.3 is 5.97 Å². The molecule has 0 spiro atoms. The van der Waals surface area contributed by atoms with Crippen LogP contribution in [0.25, 0.3) is 0 Å². The van der Waals surface area contributed by atoms with Crippen molar-refractivity contribution in [3.05, 3.63) is 0 Å². The van der Waals surface area contributed by atoms with Crippen LogP contribution >= 0.6 is 0 Å². The molecule has 0 heterocycles. The van der Waals surface area contributed by atoms with Crippen LogP contribution in [0.15, 0.2) is 0 Å². The molecule has 6 atom stereocenters. The Hall–Kier alpha value is -0.530. The van der Waals surface area contributed by atoms with Crippen LogP contribution in [0.1, 0.15) is 72.1 Å². The molecule has 3 saturated carbocycles. The number of fused-ring (bicyclic) bond motifs is 5. The van der Waals surface area contributed by atoms with E-state index >= 15 is 0 Å². The highest BCUT2D eigenvalue weighted by molar-refractivity contribution is 5.72. The fourth-order valence-electron chi connectivity index (χ4n) is 5.45. The molecule has 3 rings (SSSR count). The molecule has 0 radical (unpaired) electrons. The number of carbonyl (C=O) groups excluding carboxylic acids is 1. The maximum Gasteiger partial charge on any atom is 0.309 e. The number of hydrogen-bond donors (Lipinski definition) is 0. The summed E-state index contributed by atoms with van der Waals surface area (Å²) < 4.78 is 6.14. The Morgan fingerprint density at radius 3 is 2.60 bits per heavy atom. The molecule has 3 aliphatic rings. The lowest BCUT2D eigenvalue weighted by Crippen LogP contribution is -2.47. The molecule has 0 aliphatic heterocycles. The standard InChI is InChI=1S/C18H30O2/c1-4-12(3)17(19)20-18(5-2)11-13-10-16(18)15-9-7-6-8-14(13)15/h12-16H,4-11H2,1-3H3. The number of carbonyl (C=O) groups is 1. The van der Waals surface area contributed by atoms with Gasteiger partial charge in [-0.15, -0.1) is 0 Å². The molecule has 2 nitrogen and oxygen atoms in total. The summed E-state index contributed by atoms with van der Waals surface area (Å²) in [6, 6.07) is 0. The molecule has 2 heteroatoms. The number of hydrogen-bond acceptors (Lipinski definition) is 2. The van der Waals surface area contributed by atoms with Crippen molar-refractivity contribution in [2.45, 2.75) is 77.7 Å². The van der Waals surface area contributed by atoms with Gasteiger partial charge in [-0.25, -0.2) is 0 Å². The van der Waals surface area contributed by atoms with Crippen LogP contribution in [0.2, 0.25) is 0 Å². The van der Waals surface area contributed by atoms with Gasteiger partial charge in [0.25, 0.3) is 0 Å². The molecule has 0 saturated heterocycles. The fraction of sp³-hybridized carbons (Fsp3) is 0.944. The average molecular weight is 278 g/mol. The first kappa shape index (κ1) is 14.4. The van der Waals surface area contributed by atoms with Crippen LogP contribution in [0, 0.1) is 29.6 Å². The molecule has 20 heavy (non-hydrogen) atoms. The Bertz CT molecular complexity index is 378. The summed E-state index contributed by atoms with van der Waals surface area (Å²) >= 11 is 0. The largest absolute Gasteiger partial charge is 0.459 e. The topological polar surface area (TPSA) is 26.3 Å². The lowest BCUT2D eigenvalue weighted by Gasteiger charge is -2.46. The minimum absolute atomic E-state index is 0.0502. The molecule has 0 amide bonds. The van der Waals surface area contributed by atoms with Crippen LogP contribution in [0.4, 0.5) is 0 Å². The van der Waals surface area contributed by atoms with Crippen molar-refractivity contribution in [3.8, 4) is 0 Å². The molecule has 0 aromatic carbocycles. The van der Waals surface area contributed by atoms with Crippen molar-refractivity contribution < 1.29 is 9.53 Å². The lowest BCUT2D eigenvalue weighted by molar-refractivity contribution is -0.176. The van der Waals surface area contributed by atoms with Gasteiger partial charge in [-0.05, 0) is 56.3 Å². The second-order valence-corrected chi connectivity index (χ2v) is 7.57. The van der Waals surface area contributed by atoms with Gasteiger partial charge in [0.05, 0.1) is 5.92 Å². The van der Waals surface area contributed by atoms with Crippen molar-refractivity contribution in [3.63, 3.8) is 0 Å². The summed E-state index contributed by atoms with van der Waals surface area (Å²) in [7, 11) is 0. The third-order valence-electron chi connectivity index (χ3n) is 6.75. The summed E-state index contributed by atoms with van der Waals surface area (Å²) in [4.78, 5) is 12.3. The first-order valence-corrected chi connectivity index (χ1v) is 8.84. The van der Waals surface area contributed by atoms with Gasteiger partial charge in [0.15, 0.2) is 0 Å². The maximum atomic E-state index is 12.3. The van der Waals surface area contributed by atoms with E-state index in [1.165, 1.54) is 32.1 Å². The normalized spacial score (nSPS) is 44.1. The zero-order valence-electron chi connectivity index (χ0n) is 13.4. The van der Waals surface area contributed by atoms with Crippen LogP contribution in [0.3, 0.4) is 0 Å². The highest BCUT2D eigenvalue weighted by Crippen LogP contribution is 2.63. The van der Waals surface area contributed by atoms with Crippen molar-refractivity contribution >= 4 is 5.97 Å². The summed E-state index contributed by atoms with van der Waals surface area (Å²) in [5.41, 5.74) is -0.107. The van der Waals surface area contributed by atoms with E-state index < -0.39 is 0 Å². The summed E-state index contributed by atoms with van der Waals surface area (Å²) in [5, 5.41) is 0.